The Hall–Kier alpha value is -2.09. The molecule has 0 unspecified atom stereocenters. The lowest BCUT2D eigenvalue weighted by Crippen LogP contribution is -1.90. The van der Waals surface area contributed by atoms with Gasteiger partial charge >= 0.3 is 0 Å². The zero-order valence-corrected chi connectivity index (χ0v) is 9.80. The Morgan fingerprint density at radius 3 is 2.65 bits per heavy atom. The molecule has 0 spiro atoms. The molecular formula is C15H14N2. The Balaban J connectivity index is 2.16. The summed E-state index contributed by atoms with van der Waals surface area (Å²) in [6.45, 7) is 2.17. The quantitative estimate of drug-likeness (QED) is 0.648. The third kappa shape index (κ3) is 1.72. The fourth-order valence-corrected chi connectivity index (χ4v) is 2.12. The zero-order chi connectivity index (χ0) is 11.7. The Kier molecular flexibility index (Phi) is 2.41. The number of benzene rings is 1. The molecule has 0 aliphatic rings. The highest BCUT2D eigenvalue weighted by molar-refractivity contribution is 5.79. The second kappa shape index (κ2) is 4.06. The molecule has 0 radical (unpaired) electrons. The molecule has 17 heavy (non-hydrogen) atoms. The van der Waals surface area contributed by atoms with E-state index >= 15 is 0 Å². The summed E-state index contributed by atoms with van der Waals surface area (Å²) in [7, 11) is 0. The third-order valence-electron chi connectivity index (χ3n) is 3.11. The minimum atomic E-state index is 1.08. The van der Waals surface area contributed by atoms with Gasteiger partial charge < -0.3 is 0 Å². The van der Waals surface area contributed by atoms with Gasteiger partial charge in [-0.3, -0.25) is 0 Å². The number of aryl methyl sites for hydroxylation is 1. The smallest absolute Gasteiger partial charge is 0.0724 e. The molecule has 2 heterocycles. The molecule has 0 fully saturated rings. The maximum Gasteiger partial charge on any atom is 0.0724 e. The van der Waals surface area contributed by atoms with Crippen LogP contribution in [0.3, 0.4) is 0 Å². The number of hydrogen-bond donors (Lipinski definition) is 0. The van der Waals surface area contributed by atoms with Gasteiger partial charge in [0.15, 0.2) is 0 Å². The van der Waals surface area contributed by atoms with Crippen LogP contribution < -0.4 is 0 Å². The largest absolute Gasteiger partial charge is 0.240 e. The first-order chi connectivity index (χ1) is 8.38. The van der Waals surface area contributed by atoms with Crippen molar-refractivity contribution in [3.8, 4) is 11.1 Å². The molecule has 0 N–H and O–H groups in total. The summed E-state index contributed by atoms with van der Waals surface area (Å²) in [6.07, 6.45) is 4.90. The summed E-state index contributed by atoms with van der Waals surface area (Å²) in [4.78, 5) is 0. The van der Waals surface area contributed by atoms with Crippen LogP contribution in [-0.2, 0) is 6.42 Å². The van der Waals surface area contributed by atoms with Crippen LogP contribution in [0.25, 0.3) is 16.6 Å². The van der Waals surface area contributed by atoms with E-state index in [1.54, 1.807) is 0 Å². The average Bonchev–Trinajstić information content (AvgIpc) is 2.87. The number of fused-ring (bicyclic) bond motifs is 1. The van der Waals surface area contributed by atoms with Crippen LogP contribution in [0.4, 0.5) is 0 Å². The summed E-state index contributed by atoms with van der Waals surface area (Å²) in [5.74, 6) is 0. The molecule has 3 aromatic rings. The second-order valence-electron chi connectivity index (χ2n) is 4.13. The minimum Gasteiger partial charge on any atom is -0.240 e. The van der Waals surface area contributed by atoms with Gasteiger partial charge in [-0.05, 0) is 35.7 Å². The van der Waals surface area contributed by atoms with Crippen LogP contribution in [0.15, 0.2) is 54.9 Å². The van der Waals surface area contributed by atoms with Gasteiger partial charge in [0.1, 0.15) is 0 Å². The molecule has 2 nitrogen and oxygen atoms in total. The van der Waals surface area contributed by atoms with Crippen LogP contribution in [0.5, 0.6) is 0 Å². The van der Waals surface area contributed by atoms with E-state index in [4.69, 9.17) is 0 Å². The van der Waals surface area contributed by atoms with Crippen molar-refractivity contribution >= 4 is 5.52 Å². The van der Waals surface area contributed by atoms with E-state index in [2.05, 4.69) is 48.4 Å². The molecule has 0 atom stereocenters. The fourth-order valence-electron chi connectivity index (χ4n) is 2.12. The minimum absolute atomic E-state index is 1.08. The lowest BCUT2D eigenvalue weighted by atomic mass is 10.0. The SMILES string of the molecule is CCc1ccc(-c2ccnn3cccc23)cc1. The van der Waals surface area contributed by atoms with Crippen molar-refractivity contribution in [2.75, 3.05) is 0 Å². The first-order valence-electron chi connectivity index (χ1n) is 5.90. The monoisotopic (exact) mass is 222 g/mol. The lowest BCUT2D eigenvalue weighted by Gasteiger charge is -2.05. The summed E-state index contributed by atoms with van der Waals surface area (Å²) >= 11 is 0. The van der Waals surface area contributed by atoms with E-state index in [-0.39, 0.29) is 0 Å². The topological polar surface area (TPSA) is 17.3 Å². The van der Waals surface area contributed by atoms with Crippen LogP contribution >= 0.6 is 0 Å². The van der Waals surface area contributed by atoms with Gasteiger partial charge in [-0.25, -0.2) is 4.52 Å². The summed E-state index contributed by atoms with van der Waals surface area (Å²) in [6, 6.07) is 14.9. The average molecular weight is 222 g/mol. The van der Waals surface area contributed by atoms with E-state index in [1.807, 2.05) is 23.0 Å². The standard InChI is InChI=1S/C15H14N2/c1-2-12-5-7-13(8-6-12)14-9-10-16-17-11-3-4-15(14)17/h3-11H,2H2,1H3. The predicted molar refractivity (Wildman–Crippen MR) is 70.0 cm³/mol. The van der Waals surface area contributed by atoms with E-state index in [0.29, 0.717) is 0 Å². The molecule has 0 amide bonds. The molecule has 0 bridgehead atoms. The molecule has 0 aliphatic carbocycles. The van der Waals surface area contributed by atoms with Crippen molar-refractivity contribution in [3.63, 3.8) is 0 Å². The van der Waals surface area contributed by atoms with Gasteiger partial charge in [-0.1, -0.05) is 31.2 Å². The van der Waals surface area contributed by atoms with Crippen molar-refractivity contribution < 1.29 is 0 Å². The highest BCUT2D eigenvalue weighted by Gasteiger charge is 2.03. The van der Waals surface area contributed by atoms with Gasteiger partial charge in [-0.15, -0.1) is 0 Å². The molecule has 0 saturated carbocycles. The Morgan fingerprint density at radius 2 is 1.88 bits per heavy atom. The van der Waals surface area contributed by atoms with E-state index in [0.717, 1.165) is 11.9 Å². The van der Waals surface area contributed by atoms with Crippen LogP contribution in [0.1, 0.15) is 12.5 Å². The molecule has 2 aromatic heterocycles. The third-order valence-corrected chi connectivity index (χ3v) is 3.11. The Bertz CT molecular complexity index is 635. The number of rotatable bonds is 2. The van der Waals surface area contributed by atoms with E-state index in [1.165, 1.54) is 16.7 Å². The van der Waals surface area contributed by atoms with Gasteiger partial charge in [0.25, 0.3) is 0 Å². The van der Waals surface area contributed by atoms with Crippen LogP contribution in [-0.4, -0.2) is 9.61 Å². The number of nitrogens with zero attached hydrogens (tertiary/aromatic N) is 2. The second-order valence-corrected chi connectivity index (χ2v) is 4.13. The molecule has 2 heteroatoms. The Labute approximate surface area is 101 Å². The first kappa shape index (κ1) is 10.1. The molecule has 3 rings (SSSR count). The molecular weight excluding hydrogens is 208 g/mol. The number of hydrogen-bond acceptors (Lipinski definition) is 1. The maximum atomic E-state index is 4.28. The van der Waals surface area contributed by atoms with Crippen molar-refractivity contribution in [2.45, 2.75) is 13.3 Å². The van der Waals surface area contributed by atoms with Crippen molar-refractivity contribution in [1.82, 2.24) is 9.61 Å². The summed E-state index contributed by atoms with van der Waals surface area (Å²) < 4.78 is 1.91. The van der Waals surface area contributed by atoms with E-state index in [9.17, 15) is 0 Å². The van der Waals surface area contributed by atoms with E-state index < -0.39 is 0 Å². The van der Waals surface area contributed by atoms with Gasteiger partial charge in [0.2, 0.25) is 0 Å². The van der Waals surface area contributed by atoms with Gasteiger partial charge in [-0.2, -0.15) is 5.10 Å². The van der Waals surface area contributed by atoms with Crippen molar-refractivity contribution in [2.24, 2.45) is 0 Å². The van der Waals surface area contributed by atoms with Crippen molar-refractivity contribution in [1.29, 1.82) is 0 Å². The highest BCUT2D eigenvalue weighted by Crippen LogP contribution is 2.24. The first-order valence-corrected chi connectivity index (χ1v) is 5.90. The normalized spacial score (nSPS) is 10.9. The number of aromatic nitrogens is 2. The highest BCUT2D eigenvalue weighted by atomic mass is 15.2. The maximum absolute atomic E-state index is 4.28. The lowest BCUT2D eigenvalue weighted by molar-refractivity contribution is 0.942. The van der Waals surface area contributed by atoms with Crippen molar-refractivity contribution in [3.05, 3.63) is 60.4 Å². The molecule has 0 aliphatic heterocycles. The molecule has 84 valence electrons. The predicted octanol–water partition coefficient (Wildman–Crippen LogP) is 3.56. The molecule has 1 aromatic carbocycles. The Morgan fingerprint density at radius 1 is 1.06 bits per heavy atom. The summed E-state index contributed by atoms with van der Waals surface area (Å²) in [5, 5.41) is 4.28. The van der Waals surface area contributed by atoms with Gasteiger partial charge in [0.05, 0.1) is 5.52 Å². The summed E-state index contributed by atoms with van der Waals surface area (Å²) in [5.41, 5.74) is 4.99. The van der Waals surface area contributed by atoms with Crippen LogP contribution in [0, 0.1) is 0 Å². The fraction of sp³-hybridized carbons (Fsp3) is 0.133. The zero-order valence-electron chi connectivity index (χ0n) is 9.80. The molecule has 0 saturated heterocycles. The van der Waals surface area contributed by atoms with Crippen LogP contribution in [0.2, 0.25) is 0 Å². The van der Waals surface area contributed by atoms with Gasteiger partial charge in [0, 0.05) is 18.0 Å².